The smallest absolute Gasteiger partial charge is 0.302 e. The zero-order valence-corrected chi connectivity index (χ0v) is 4.43. The summed E-state index contributed by atoms with van der Waals surface area (Å²) in [7, 11) is 1.35. The average molecular weight is 120 g/mol. The summed E-state index contributed by atoms with van der Waals surface area (Å²) in [6, 6.07) is 0. The van der Waals surface area contributed by atoms with Crippen molar-refractivity contribution in [3.8, 4) is 0 Å². The number of rotatable bonds is 0. The van der Waals surface area contributed by atoms with Crippen molar-refractivity contribution in [2.75, 3.05) is 7.11 Å². The second-order valence-electron chi connectivity index (χ2n) is 0.696. The van der Waals surface area contributed by atoms with E-state index in [4.69, 9.17) is 4.79 Å². The average Bonchev–Trinajstić information content (AvgIpc) is 1.73. The molecule has 0 fully saturated rings. The summed E-state index contributed by atoms with van der Waals surface area (Å²) in [5.74, 6) is -0.245. The van der Waals surface area contributed by atoms with Crippen LogP contribution in [0.25, 0.3) is 0 Å². The first-order chi connectivity index (χ1) is 3.27. The lowest BCUT2D eigenvalue weighted by atomic mass is 10.8. The highest BCUT2D eigenvalue weighted by Crippen LogP contribution is 1.60. The highest BCUT2D eigenvalue weighted by molar-refractivity contribution is 5.65. The number of hydrogen-bond acceptors (Lipinski definition) is 3. The molecule has 0 heterocycles. The van der Waals surface area contributed by atoms with E-state index in [0.717, 1.165) is 0 Å². The van der Waals surface area contributed by atoms with Crippen molar-refractivity contribution in [1.29, 1.82) is 0 Å². The van der Waals surface area contributed by atoms with Gasteiger partial charge in [0.25, 0.3) is 0 Å². The van der Waals surface area contributed by atoms with E-state index in [0.29, 0.717) is 0 Å². The van der Waals surface area contributed by atoms with Crippen molar-refractivity contribution >= 4 is 12.8 Å². The van der Waals surface area contributed by atoms with Gasteiger partial charge in [0, 0.05) is 6.92 Å². The Morgan fingerprint density at radius 1 is 1.50 bits per heavy atom. The van der Waals surface area contributed by atoms with Gasteiger partial charge in [-0.25, -0.2) is 0 Å². The Balaban J connectivity index is -0.0000000750. The number of carbonyl (C=O) groups is 2. The molecule has 0 saturated carbocycles. The van der Waals surface area contributed by atoms with Crippen molar-refractivity contribution < 1.29 is 14.3 Å². The first kappa shape index (κ1) is 15.7. The first-order valence-electron chi connectivity index (χ1n) is 1.61. The molecule has 0 amide bonds. The predicted molar refractivity (Wildman–Crippen MR) is 31.5 cm³/mol. The summed E-state index contributed by atoms with van der Waals surface area (Å²) in [6.07, 6.45) is 0. The molecule has 0 saturated heterocycles. The van der Waals surface area contributed by atoms with E-state index in [1.54, 1.807) is 0 Å². The largest absolute Gasteiger partial charge is 0.469 e. The van der Waals surface area contributed by atoms with E-state index >= 15 is 0 Å². The monoisotopic (exact) mass is 120 g/mol. The molecule has 0 aliphatic heterocycles. The SMILES string of the molecule is C.C=O.COC(C)=O. The fourth-order valence-electron chi connectivity index (χ4n) is 0. The standard InChI is InChI=1S/C3H6O2.CH2O.CH4/c1-3(4)5-2;1-2;/h1-2H3;1H2;1H4. The number of methoxy groups -OCH3 is 1. The zero-order chi connectivity index (χ0) is 6.28. The highest BCUT2D eigenvalue weighted by Gasteiger charge is 1.75. The van der Waals surface area contributed by atoms with Crippen LogP contribution in [0.4, 0.5) is 0 Å². The molecule has 8 heavy (non-hydrogen) atoms. The van der Waals surface area contributed by atoms with Crippen LogP contribution < -0.4 is 0 Å². The van der Waals surface area contributed by atoms with Crippen LogP contribution in [0, 0.1) is 0 Å². The summed E-state index contributed by atoms with van der Waals surface area (Å²) in [4.78, 5) is 17.6. The maximum Gasteiger partial charge on any atom is 0.302 e. The highest BCUT2D eigenvalue weighted by atomic mass is 16.5. The Bertz CT molecular complexity index is 51.6. The normalized spacial score (nSPS) is 4.75. The van der Waals surface area contributed by atoms with Gasteiger partial charge < -0.3 is 9.53 Å². The van der Waals surface area contributed by atoms with Crippen LogP contribution in [0.2, 0.25) is 0 Å². The van der Waals surface area contributed by atoms with Crippen LogP contribution in [0.15, 0.2) is 0 Å². The van der Waals surface area contributed by atoms with E-state index in [1.165, 1.54) is 14.0 Å². The van der Waals surface area contributed by atoms with E-state index in [-0.39, 0.29) is 13.4 Å². The van der Waals surface area contributed by atoms with Gasteiger partial charge in [-0.2, -0.15) is 0 Å². The van der Waals surface area contributed by atoms with Crippen molar-refractivity contribution in [2.24, 2.45) is 0 Å². The van der Waals surface area contributed by atoms with Crippen molar-refractivity contribution in [2.45, 2.75) is 14.4 Å². The fraction of sp³-hybridized carbons (Fsp3) is 0.600. The van der Waals surface area contributed by atoms with Crippen LogP contribution >= 0.6 is 0 Å². The summed E-state index contributed by atoms with van der Waals surface area (Å²) >= 11 is 0. The molecule has 0 radical (unpaired) electrons. The Hall–Kier alpha value is -0.860. The Morgan fingerprint density at radius 2 is 1.62 bits per heavy atom. The van der Waals surface area contributed by atoms with Crippen LogP contribution in [0.5, 0.6) is 0 Å². The third-order valence-electron chi connectivity index (χ3n) is 0.287. The molecule has 0 aliphatic rings. The summed E-state index contributed by atoms with van der Waals surface area (Å²) in [6.45, 7) is 3.36. The lowest BCUT2D eigenvalue weighted by Gasteiger charge is -1.80. The summed E-state index contributed by atoms with van der Waals surface area (Å²) in [5, 5.41) is 0. The Labute approximate surface area is 49.6 Å². The molecule has 50 valence electrons. The number of esters is 1. The van der Waals surface area contributed by atoms with Gasteiger partial charge in [-0.1, -0.05) is 7.43 Å². The number of hydrogen-bond donors (Lipinski definition) is 0. The fourth-order valence-corrected chi connectivity index (χ4v) is 0. The van der Waals surface area contributed by atoms with Crippen LogP contribution in [0.3, 0.4) is 0 Å². The minimum Gasteiger partial charge on any atom is -0.469 e. The molecule has 0 unspecified atom stereocenters. The van der Waals surface area contributed by atoms with Crippen LogP contribution in [-0.2, 0) is 14.3 Å². The van der Waals surface area contributed by atoms with Gasteiger partial charge in [-0.05, 0) is 0 Å². The molecular weight excluding hydrogens is 108 g/mol. The van der Waals surface area contributed by atoms with Crippen molar-refractivity contribution in [1.82, 2.24) is 0 Å². The molecule has 0 bridgehead atoms. The van der Waals surface area contributed by atoms with E-state index < -0.39 is 0 Å². The van der Waals surface area contributed by atoms with Gasteiger partial charge in [0.15, 0.2) is 0 Å². The van der Waals surface area contributed by atoms with Gasteiger partial charge in [0.2, 0.25) is 0 Å². The minimum atomic E-state index is -0.245. The van der Waals surface area contributed by atoms with Gasteiger partial charge in [0.05, 0.1) is 7.11 Å². The maximum absolute atomic E-state index is 9.59. The summed E-state index contributed by atoms with van der Waals surface area (Å²) in [5.41, 5.74) is 0. The number of carbonyl (C=O) groups excluding carboxylic acids is 2. The lowest BCUT2D eigenvalue weighted by Crippen LogP contribution is -1.88. The molecular formula is C5H12O3. The van der Waals surface area contributed by atoms with E-state index in [1.807, 2.05) is 6.79 Å². The predicted octanol–water partition coefficient (Wildman–Crippen LogP) is 0.631. The third-order valence-corrected chi connectivity index (χ3v) is 0.287. The van der Waals surface area contributed by atoms with Crippen LogP contribution in [-0.4, -0.2) is 19.9 Å². The zero-order valence-electron chi connectivity index (χ0n) is 4.43. The quantitative estimate of drug-likeness (QED) is 0.440. The van der Waals surface area contributed by atoms with Gasteiger partial charge in [-0.3, -0.25) is 4.79 Å². The molecule has 0 aromatic rings. The van der Waals surface area contributed by atoms with Gasteiger partial charge in [0.1, 0.15) is 6.79 Å². The molecule has 0 N–H and O–H groups in total. The topological polar surface area (TPSA) is 43.4 Å². The van der Waals surface area contributed by atoms with E-state index in [2.05, 4.69) is 4.74 Å². The van der Waals surface area contributed by atoms with Gasteiger partial charge in [-0.15, -0.1) is 0 Å². The second kappa shape index (κ2) is 16.5. The molecule has 0 atom stereocenters. The molecule has 0 spiro atoms. The third kappa shape index (κ3) is 67.8. The Morgan fingerprint density at radius 3 is 1.62 bits per heavy atom. The number of ether oxygens (including phenoxy) is 1. The molecule has 0 aromatic heterocycles. The molecule has 0 rings (SSSR count). The molecule has 3 nitrogen and oxygen atoms in total. The summed E-state index contributed by atoms with van der Waals surface area (Å²) < 4.78 is 4.11. The second-order valence-corrected chi connectivity index (χ2v) is 0.696. The molecule has 3 heteroatoms. The molecule has 0 aromatic carbocycles. The maximum atomic E-state index is 9.59. The Kier molecular flexibility index (Phi) is 32.3. The lowest BCUT2D eigenvalue weighted by molar-refractivity contribution is -0.137. The van der Waals surface area contributed by atoms with Crippen molar-refractivity contribution in [3.63, 3.8) is 0 Å². The molecule has 0 aliphatic carbocycles. The van der Waals surface area contributed by atoms with E-state index in [9.17, 15) is 4.79 Å². The minimum absolute atomic E-state index is 0. The van der Waals surface area contributed by atoms with Crippen molar-refractivity contribution in [3.05, 3.63) is 0 Å². The van der Waals surface area contributed by atoms with Gasteiger partial charge >= 0.3 is 5.97 Å². The van der Waals surface area contributed by atoms with Crippen LogP contribution in [0.1, 0.15) is 14.4 Å². The first-order valence-corrected chi connectivity index (χ1v) is 1.61.